The molecule has 0 aliphatic carbocycles. The van der Waals surface area contributed by atoms with Crippen molar-refractivity contribution in [3.63, 3.8) is 0 Å². The van der Waals surface area contributed by atoms with Gasteiger partial charge in [-0.25, -0.2) is 4.68 Å². The minimum Gasteiger partial charge on any atom is -0.392 e. The van der Waals surface area contributed by atoms with Gasteiger partial charge in [0.15, 0.2) is 0 Å². The van der Waals surface area contributed by atoms with Crippen molar-refractivity contribution in [3.05, 3.63) is 71.9 Å². The molecule has 0 spiro atoms. The smallest absolute Gasteiger partial charge is 0.0975 e. The van der Waals surface area contributed by atoms with Crippen LogP contribution in [-0.4, -0.2) is 39.0 Å². The molecule has 2 aromatic carbocycles. The maximum atomic E-state index is 9.83. The van der Waals surface area contributed by atoms with E-state index in [9.17, 15) is 5.11 Å². The van der Waals surface area contributed by atoms with Gasteiger partial charge in [0.1, 0.15) is 0 Å². The molecule has 0 radical (unpaired) electrons. The Morgan fingerprint density at radius 2 is 1.84 bits per heavy atom. The summed E-state index contributed by atoms with van der Waals surface area (Å²) in [4.78, 5) is 2.30. The van der Waals surface area contributed by atoms with Crippen LogP contribution in [-0.2, 0) is 6.54 Å². The summed E-state index contributed by atoms with van der Waals surface area (Å²) in [5, 5.41) is 14.7. The van der Waals surface area contributed by atoms with Crippen LogP contribution in [0.5, 0.6) is 0 Å². The minimum atomic E-state index is -0.203. The zero-order valence-corrected chi connectivity index (χ0v) is 14.5. The Hall–Kier alpha value is -2.43. The van der Waals surface area contributed by atoms with Gasteiger partial charge in [-0.3, -0.25) is 4.90 Å². The van der Waals surface area contributed by atoms with Gasteiger partial charge >= 0.3 is 0 Å². The Bertz CT molecular complexity index is 857. The average molecular weight is 333 g/mol. The third-order valence-corrected chi connectivity index (χ3v) is 4.85. The number of aliphatic hydroxyl groups is 1. The molecule has 1 N–H and O–H groups in total. The minimum absolute atomic E-state index is 0.203. The first-order valence-electron chi connectivity index (χ1n) is 8.81. The highest BCUT2D eigenvalue weighted by molar-refractivity contribution is 5.66. The summed E-state index contributed by atoms with van der Waals surface area (Å²) in [6, 6.07) is 18.6. The van der Waals surface area contributed by atoms with Crippen molar-refractivity contribution in [3.8, 4) is 16.9 Å². The molecule has 3 aromatic rings. The molecule has 1 fully saturated rings. The number of para-hydroxylation sites is 1. The van der Waals surface area contributed by atoms with Crippen molar-refractivity contribution in [2.24, 2.45) is 0 Å². The molecular formula is C21H23N3O. The molecular weight excluding hydrogens is 310 g/mol. The van der Waals surface area contributed by atoms with E-state index in [4.69, 9.17) is 5.10 Å². The van der Waals surface area contributed by atoms with E-state index in [0.29, 0.717) is 0 Å². The topological polar surface area (TPSA) is 41.3 Å². The predicted octanol–water partition coefficient (Wildman–Crippen LogP) is 3.41. The van der Waals surface area contributed by atoms with Crippen molar-refractivity contribution in [1.82, 2.24) is 14.7 Å². The molecule has 0 amide bonds. The number of aromatic nitrogens is 2. The summed E-state index contributed by atoms with van der Waals surface area (Å²) in [6.07, 6.45) is 2.78. The number of rotatable bonds is 4. The van der Waals surface area contributed by atoms with Gasteiger partial charge in [-0.2, -0.15) is 5.10 Å². The lowest BCUT2D eigenvalue weighted by Crippen LogP contribution is -2.21. The molecule has 4 heteroatoms. The quantitative estimate of drug-likeness (QED) is 0.795. The number of aryl methyl sites for hydroxylation is 1. The Labute approximate surface area is 148 Å². The van der Waals surface area contributed by atoms with Crippen molar-refractivity contribution in [2.45, 2.75) is 26.0 Å². The molecule has 0 saturated carbocycles. The third-order valence-electron chi connectivity index (χ3n) is 4.85. The first-order chi connectivity index (χ1) is 12.2. The normalized spacial score (nSPS) is 17.9. The largest absolute Gasteiger partial charge is 0.392 e. The van der Waals surface area contributed by atoms with E-state index in [1.807, 2.05) is 22.9 Å². The number of likely N-dealkylation sites (tertiary alicyclic amines) is 1. The molecule has 1 aliphatic rings. The van der Waals surface area contributed by atoms with Crippen molar-refractivity contribution < 1.29 is 5.11 Å². The maximum Gasteiger partial charge on any atom is 0.0975 e. The van der Waals surface area contributed by atoms with E-state index in [-0.39, 0.29) is 6.10 Å². The monoisotopic (exact) mass is 333 g/mol. The standard InChI is InChI=1S/C21H23N3O/c1-16-7-5-6-10-20(16)21-17(13-23-12-11-19(25)15-23)14-24(22-21)18-8-3-2-4-9-18/h2-10,14,19,25H,11-13,15H2,1H3/t19-/m1/s1. The number of nitrogens with zero attached hydrogens (tertiary/aromatic N) is 3. The lowest BCUT2D eigenvalue weighted by molar-refractivity contribution is 0.175. The molecule has 2 heterocycles. The predicted molar refractivity (Wildman–Crippen MR) is 99.6 cm³/mol. The van der Waals surface area contributed by atoms with Crippen LogP contribution in [0, 0.1) is 6.92 Å². The molecule has 0 unspecified atom stereocenters. The maximum absolute atomic E-state index is 9.83. The molecule has 4 rings (SSSR count). The molecule has 1 saturated heterocycles. The SMILES string of the molecule is Cc1ccccc1-c1nn(-c2ccccc2)cc1CN1CC[C@@H](O)C1. The summed E-state index contributed by atoms with van der Waals surface area (Å²) >= 11 is 0. The van der Waals surface area contributed by atoms with Crippen LogP contribution in [0.3, 0.4) is 0 Å². The molecule has 0 bridgehead atoms. The number of hydrogen-bond donors (Lipinski definition) is 1. The molecule has 128 valence electrons. The number of benzene rings is 2. The van der Waals surface area contributed by atoms with Crippen LogP contribution < -0.4 is 0 Å². The second-order valence-corrected chi connectivity index (χ2v) is 6.78. The fourth-order valence-electron chi connectivity index (χ4n) is 3.50. The van der Waals surface area contributed by atoms with Gasteiger partial charge in [0.2, 0.25) is 0 Å². The lowest BCUT2D eigenvalue weighted by atomic mass is 10.0. The van der Waals surface area contributed by atoms with Gasteiger partial charge < -0.3 is 5.11 Å². The second kappa shape index (κ2) is 6.82. The highest BCUT2D eigenvalue weighted by Crippen LogP contribution is 2.28. The second-order valence-electron chi connectivity index (χ2n) is 6.78. The molecule has 1 aromatic heterocycles. The van der Waals surface area contributed by atoms with E-state index in [0.717, 1.165) is 37.4 Å². The van der Waals surface area contributed by atoms with E-state index < -0.39 is 0 Å². The van der Waals surface area contributed by atoms with Crippen LogP contribution in [0.25, 0.3) is 16.9 Å². The van der Waals surface area contributed by atoms with E-state index in [1.165, 1.54) is 16.7 Å². The van der Waals surface area contributed by atoms with Crippen LogP contribution >= 0.6 is 0 Å². The summed E-state index contributed by atoms with van der Waals surface area (Å²) in [5.74, 6) is 0. The molecule has 1 atom stereocenters. The molecule has 1 aliphatic heterocycles. The Kier molecular flexibility index (Phi) is 4.38. The molecule has 25 heavy (non-hydrogen) atoms. The van der Waals surface area contributed by atoms with Crippen LogP contribution in [0.1, 0.15) is 17.5 Å². The van der Waals surface area contributed by atoms with Gasteiger partial charge in [0, 0.05) is 37.0 Å². The van der Waals surface area contributed by atoms with Gasteiger partial charge in [0.05, 0.1) is 17.5 Å². The van der Waals surface area contributed by atoms with E-state index in [1.54, 1.807) is 0 Å². The molecule has 4 nitrogen and oxygen atoms in total. The number of β-amino-alcohol motifs (C(OH)–C–C–N with tert-alkyl or cyclic N) is 1. The summed E-state index contributed by atoms with van der Waals surface area (Å²) in [6.45, 7) is 4.61. The number of hydrogen-bond acceptors (Lipinski definition) is 3. The van der Waals surface area contributed by atoms with E-state index in [2.05, 4.69) is 54.4 Å². The van der Waals surface area contributed by atoms with Crippen LogP contribution in [0.2, 0.25) is 0 Å². The lowest BCUT2D eigenvalue weighted by Gasteiger charge is -2.15. The van der Waals surface area contributed by atoms with Crippen molar-refractivity contribution >= 4 is 0 Å². The summed E-state index contributed by atoms with van der Waals surface area (Å²) in [7, 11) is 0. The summed E-state index contributed by atoms with van der Waals surface area (Å²) < 4.78 is 1.96. The van der Waals surface area contributed by atoms with Gasteiger partial charge in [0.25, 0.3) is 0 Å². The van der Waals surface area contributed by atoms with Crippen LogP contribution in [0.4, 0.5) is 0 Å². The van der Waals surface area contributed by atoms with Crippen molar-refractivity contribution in [2.75, 3.05) is 13.1 Å². The van der Waals surface area contributed by atoms with E-state index >= 15 is 0 Å². The Morgan fingerprint density at radius 3 is 2.56 bits per heavy atom. The zero-order valence-electron chi connectivity index (χ0n) is 14.5. The Balaban J connectivity index is 1.75. The average Bonchev–Trinajstić information content (AvgIpc) is 3.23. The highest BCUT2D eigenvalue weighted by atomic mass is 16.3. The van der Waals surface area contributed by atoms with Gasteiger partial charge in [-0.15, -0.1) is 0 Å². The van der Waals surface area contributed by atoms with Crippen molar-refractivity contribution in [1.29, 1.82) is 0 Å². The highest BCUT2D eigenvalue weighted by Gasteiger charge is 2.23. The number of aliphatic hydroxyl groups excluding tert-OH is 1. The van der Waals surface area contributed by atoms with Gasteiger partial charge in [-0.05, 0) is 31.0 Å². The van der Waals surface area contributed by atoms with Gasteiger partial charge in [-0.1, -0.05) is 42.5 Å². The zero-order chi connectivity index (χ0) is 17.2. The Morgan fingerprint density at radius 1 is 1.08 bits per heavy atom. The fourth-order valence-corrected chi connectivity index (χ4v) is 3.50. The van der Waals surface area contributed by atoms with Crippen LogP contribution in [0.15, 0.2) is 60.8 Å². The first kappa shape index (κ1) is 16.1. The summed E-state index contributed by atoms with van der Waals surface area (Å²) in [5.41, 5.74) is 5.69. The third kappa shape index (κ3) is 3.36. The fraction of sp³-hybridized carbons (Fsp3) is 0.286. The first-order valence-corrected chi connectivity index (χ1v) is 8.81.